The van der Waals surface area contributed by atoms with E-state index in [4.69, 9.17) is 9.84 Å². The molecule has 1 aliphatic heterocycles. The van der Waals surface area contributed by atoms with Crippen molar-refractivity contribution in [3.8, 4) is 11.5 Å². The van der Waals surface area contributed by atoms with E-state index in [1.165, 1.54) is 36.9 Å². The maximum Gasteiger partial charge on any atom is 0.124 e. The molecule has 0 bridgehead atoms. The Kier molecular flexibility index (Phi) is 4.19. The minimum atomic E-state index is 0.298. The summed E-state index contributed by atoms with van der Waals surface area (Å²) in [4.78, 5) is 2.39. The molecule has 0 radical (unpaired) electrons. The fourth-order valence-electron chi connectivity index (χ4n) is 4.03. The summed E-state index contributed by atoms with van der Waals surface area (Å²) in [5.74, 6) is 1.81. The van der Waals surface area contributed by atoms with Crippen molar-refractivity contribution in [1.29, 1.82) is 0 Å². The smallest absolute Gasteiger partial charge is 0.124 e. The summed E-state index contributed by atoms with van der Waals surface area (Å²) in [6.45, 7) is 3.24. The van der Waals surface area contributed by atoms with Crippen LogP contribution >= 0.6 is 0 Å². The van der Waals surface area contributed by atoms with Crippen LogP contribution in [-0.2, 0) is 20.1 Å². The molecule has 2 heterocycles. The molecule has 5 nitrogen and oxygen atoms in total. The first-order chi connectivity index (χ1) is 11.7. The molecule has 2 aromatic rings. The Balaban J connectivity index is 1.55. The van der Waals surface area contributed by atoms with Crippen LogP contribution in [0.5, 0.6) is 11.5 Å². The Hall–Kier alpha value is -2.01. The van der Waals surface area contributed by atoms with Gasteiger partial charge >= 0.3 is 0 Å². The van der Waals surface area contributed by atoms with Crippen molar-refractivity contribution in [2.75, 3.05) is 13.2 Å². The molecule has 1 aromatic carbocycles. The van der Waals surface area contributed by atoms with Gasteiger partial charge in [0.15, 0.2) is 0 Å². The molecule has 1 N–H and O–H groups in total. The van der Waals surface area contributed by atoms with Crippen LogP contribution in [0, 0.1) is 0 Å². The lowest BCUT2D eigenvalue weighted by Gasteiger charge is -2.20. The predicted molar refractivity (Wildman–Crippen MR) is 92.1 cm³/mol. The second kappa shape index (κ2) is 6.48. The second-order valence-corrected chi connectivity index (χ2v) is 7.05. The fourth-order valence-corrected chi connectivity index (χ4v) is 4.03. The zero-order valence-corrected chi connectivity index (χ0v) is 14.2. The molecule has 0 spiro atoms. The number of nitrogens with zero attached hydrogens (tertiary/aromatic N) is 3. The Morgan fingerprint density at radius 2 is 2.12 bits per heavy atom. The number of benzene rings is 1. The lowest BCUT2D eigenvalue weighted by atomic mass is 10.00. The number of rotatable bonds is 3. The van der Waals surface area contributed by atoms with Crippen LogP contribution in [0.1, 0.15) is 48.4 Å². The molecule has 4 rings (SSSR count). The standard InChI is InChI=1S/C19H25N3O2/c1-21-11-16(19(20-21)14-4-2-3-5-14)13-22-8-9-24-18-7-6-17(23)10-15(18)12-22/h6-7,10-11,14,23H,2-5,8-9,12-13H2,1H3. The number of aryl methyl sites for hydroxylation is 1. The lowest BCUT2D eigenvalue weighted by molar-refractivity contribution is 0.219. The molecule has 1 aromatic heterocycles. The molecule has 24 heavy (non-hydrogen) atoms. The maximum absolute atomic E-state index is 9.76. The predicted octanol–water partition coefficient (Wildman–Crippen LogP) is 3.18. The lowest BCUT2D eigenvalue weighted by Crippen LogP contribution is -2.25. The van der Waals surface area contributed by atoms with Crippen molar-refractivity contribution in [2.24, 2.45) is 7.05 Å². The van der Waals surface area contributed by atoms with E-state index >= 15 is 0 Å². The SMILES string of the molecule is Cn1cc(CN2CCOc3ccc(O)cc3C2)c(C2CCCC2)n1. The molecule has 0 saturated heterocycles. The highest BCUT2D eigenvalue weighted by Gasteiger charge is 2.24. The highest BCUT2D eigenvalue weighted by atomic mass is 16.5. The summed E-state index contributed by atoms with van der Waals surface area (Å²) < 4.78 is 7.79. The van der Waals surface area contributed by atoms with Crippen LogP contribution in [0.2, 0.25) is 0 Å². The van der Waals surface area contributed by atoms with Crippen molar-refractivity contribution in [2.45, 2.75) is 44.7 Å². The molecule has 128 valence electrons. The van der Waals surface area contributed by atoms with E-state index < -0.39 is 0 Å². The normalized spacial score (nSPS) is 19.0. The summed E-state index contributed by atoms with van der Waals surface area (Å²) in [6, 6.07) is 5.37. The third-order valence-electron chi connectivity index (χ3n) is 5.18. The van der Waals surface area contributed by atoms with E-state index in [-0.39, 0.29) is 0 Å². The summed E-state index contributed by atoms with van der Waals surface area (Å²) >= 11 is 0. The van der Waals surface area contributed by atoms with Crippen molar-refractivity contribution in [1.82, 2.24) is 14.7 Å². The average molecular weight is 327 g/mol. The number of phenols is 1. The van der Waals surface area contributed by atoms with Crippen LogP contribution in [0.4, 0.5) is 0 Å². The molecule has 0 unspecified atom stereocenters. The number of aromatic hydroxyl groups is 1. The minimum absolute atomic E-state index is 0.298. The second-order valence-electron chi connectivity index (χ2n) is 7.05. The van der Waals surface area contributed by atoms with E-state index in [2.05, 4.69) is 11.1 Å². The zero-order valence-electron chi connectivity index (χ0n) is 14.2. The van der Waals surface area contributed by atoms with Gasteiger partial charge in [0.2, 0.25) is 0 Å². The van der Waals surface area contributed by atoms with Crippen molar-refractivity contribution in [3.63, 3.8) is 0 Å². The minimum Gasteiger partial charge on any atom is -0.508 e. The van der Waals surface area contributed by atoms with Crippen molar-refractivity contribution >= 4 is 0 Å². The monoisotopic (exact) mass is 327 g/mol. The summed E-state index contributed by atoms with van der Waals surface area (Å²) in [7, 11) is 2.01. The van der Waals surface area contributed by atoms with Gasteiger partial charge in [-0.2, -0.15) is 5.10 Å². The van der Waals surface area contributed by atoms with Gasteiger partial charge in [-0.15, -0.1) is 0 Å². The zero-order chi connectivity index (χ0) is 16.5. The van der Waals surface area contributed by atoms with Crippen molar-refractivity contribution in [3.05, 3.63) is 41.2 Å². The van der Waals surface area contributed by atoms with Gasteiger partial charge in [-0.1, -0.05) is 12.8 Å². The highest BCUT2D eigenvalue weighted by Crippen LogP contribution is 2.35. The van der Waals surface area contributed by atoms with E-state index in [1.54, 1.807) is 6.07 Å². The van der Waals surface area contributed by atoms with Gasteiger partial charge in [0.25, 0.3) is 0 Å². The average Bonchev–Trinajstić information content (AvgIpc) is 3.14. The summed E-state index contributed by atoms with van der Waals surface area (Å²) in [5, 5.41) is 14.5. The molecule has 2 aliphatic rings. The fraction of sp³-hybridized carbons (Fsp3) is 0.526. The van der Waals surface area contributed by atoms with Crippen LogP contribution < -0.4 is 4.74 Å². The molecular weight excluding hydrogens is 302 g/mol. The Morgan fingerprint density at radius 3 is 2.96 bits per heavy atom. The molecule has 1 saturated carbocycles. The van der Waals surface area contributed by atoms with Crippen LogP contribution in [0.3, 0.4) is 0 Å². The van der Waals surface area contributed by atoms with E-state index in [1.807, 2.05) is 23.9 Å². The van der Waals surface area contributed by atoms with Gasteiger partial charge < -0.3 is 9.84 Å². The van der Waals surface area contributed by atoms with Crippen LogP contribution in [0.25, 0.3) is 0 Å². The van der Waals surface area contributed by atoms with Gasteiger partial charge in [-0.25, -0.2) is 0 Å². The van der Waals surface area contributed by atoms with E-state index in [0.717, 1.165) is 30.9 Å². The number of ether oxygens (including phenoxy) is 1. The number of hydrogen-bond acceptors (Lipinski definition) is 4. The highest BCUT2D eigenvalue weighted by molar-refractivity contribution is 5.40. The summed E-state index contributed by atoms with van der Waals surface area (Å²) in [6.07, 6.45) is 7.35. The summed E-state index contributed by atoms with van der Waals surface area (Å²) in [5.41, 5.74) is 3.68. The first-order valence-corrected chi connectivity index (χ1v) is 8.88. The van der Waals surface area contributed by atoms with Crippen molar-refractivity contribution < 1.29 is 9.84 Å². The quantitative estimate of drug-likeness (QED) is 0.941. The third kappa shape index (κ3) is 3.13. The number of fused-ring (bicyclic) bond motifs is 1. The Labute approximate surface area is 142 Å². The van der Waals surface area contributed by atoms with Gasteiger partial charge in [0.05, 0.1) is 5.69 Å². The van der Waals surface area contributed by atoms with Crippen LogP contribution in [0.15, 0.2) is 24.4 Å². The number of phenolic OH excluding ortho intramolecular Hbond substituents is 1. The molecule has 5 heteroatoms. The largest absolute Gasteiger partial charge is 0.508 e. The number of aromatic nitrogens is 2. The van der Waals surface area contributed by atoms with Gasteiger partial charge in [0.1, 0.15) is 18.1 Å². The first kappa shape index (κ1) is 15.5. The maximum atomic E-state index is 9.76. The molecule has 1 fully saturated rings. The first-order valence-electron chi connectivity index (χ1n) is 8.88. The molecule has 0 atom stereocenters. The third-order valence-corrected chi connectivity index (χ3v) is 5.18. The number of hydrogen-bond donors (Lipinski definition) is 1. The molecular formula is C19H25N3O2. The Morgan fingerprint density at radius 1 is 1.29 bits per heavy atom. The Bertz CT molecular complexity index is 719. The topological polar surface area (TPSA) is 50.5 Å². The van der Waals surface area contributed by atoms with Gasteiger partial charge in [0, 0.05) is 49.9 Å². The molecule has 1 aliphatic carbocycles. The molecule has 0 amide bonds. The van der Waals surface area contributed by atoms with Gasteiger partial charge in [-0.05, 0) is 31.0 Å². The van der Waals surface area contributed by atoms with E-state index in [9.17, 15) is 5.11 Å². The van der Waals surface area contributed by atoms with E-state index in [0.29, 0.717) is 18.3 Å². The van der Waals surface area contributed by atoms with Gasteiger partial charge in [-0.3, -0.25) is 9.58 Å². The van der Waals surface area contributed by atoms with Crippen LogP contribution in [-0.4, -0.2) is 32.9 Å².